The van der Waals surface area contributed by atoms with E-state index in [1.807, 2.05) is 0 Å². The highest BCUT2D eigenvalue weighted by Crippen LogP contribution is 2.51. The summed E-state index contributed by atoms with van der Waals surface area (Å²) in [6.45, 7) is 2.17. The highest BCUT2D eigenvalue weighted by molar-refractivity contribution is 4.93. The molecule has 1 heterocycles. The fourth-order valence-electron chi connectivity index (χ4n) is 1.17. The highest BCUT2D eigenvalue weighted by atomic mass is 19.4. The first kappa shape index (κ1) is 12.6. The lowest BCUT2D eigenvalue weighted by atomic mass is 10.2. The van der Waals surface area contributed by atoms with Crippen LogP contribution >= 0.6 is 0 Å². The van der Waals surface area contributed by atoms with Gasteiger partial charge in [-0.05, 0) is 13.8 Å². The molecule has 0 saturated carbocycles. The summed E-state index contributed by atoms with van der Waals surface area (Å²) in [7, 11) is 0. The Morgan fingerprint density at radius 2 is 1.07 bits per heavy atom. The van der Waals surface area contributed by atoms with Crippen molar-refractivity contribution in [1.82, 2.24) is 0 Å². The maximum absolute atomic E-state index is 12.3. The second kappa shape index (κ2) is 3.24. The second-order valence-electron chi connectivity index (χ2n) is 3.26. The van der Waals surface area contributed by atoms with E-state index in [9.17, 15) is 26.3 Å². The third-order valence-corrected chi connectivity index (χ3v) is 2.11. The Kier molecular flexibility index (Phi) is 2.72. The van der Waals surface area contributed by atoms with Crippen molar-refractivity contribution >= 4 is 0 Å². The van der Waals surface area contributed by atoms with E-state index in [-0.39, 0.29) is 0 Å². The number of ether oxygens (including phenoxy) is 2. The van der Waals surface area contributed by atoms with E-state index in [0.717, 1.165) is 13.8 Å². The van der Waals surface area contributed by atoms with Crippen LogP contribution in [0.4, 0.5) is 26.3 Å². The molecule has 0 aliphatic carbocycles. The molecule has 2 nitrogen and oxygen atoms in total. The molecule has 0 amide bonds. The fraction of sp³-hybridized carbons (Fsp3) is 1.00. The van der Waals surface area contributed by atoms with E-state index in [1.54, 1.807) is 0 Å². The SMILES string of the molecule is CC1OC(C(F)(F)F)(C(F)(F)F)OC1C. The summed E-state index contributed by atoms with van der Waals surface area (Å²) < 4.78 is 81.6. The lowest BCUT2D eigenvalue weighted by molar-refractivity contribution is -0.445. The van der Waals surface area contributed by atoms with Crippen molar-refractivity contribution in [2.24, 2.45) is 0 Å². The molecule has 1 aliphatic heterocycles. The number of alkyl halides is 6. The van der Waals surface area contributed by atoms with E-state index in [1.165, 1.54) is 0 Å². The van der Waals surface area contributed by atoms with Crippen LogP contribution in [-0.4, -0.2) is 30.3 Å². The summed E-state index contributed by atoms with van der Waals surface area (Å²) in [6, 6.07) is 0. The van der Waals surface area contributed by atoms with Gasteiger partial charge in [-0.1, -0.05) is 0 Å². The van der Waals surface area contributed by atoms with Crippen LogP contribution in [0.15, 0.2) is 0 Å². The van der Waals surface area contributed by atoms with Crippen LogP contribution in [0.25, 0.3) is 0 Å². The summed E-state index contributed by atoms with van der Waals surface area (Å²) in [5.74, 6) is -4.49. The molecule has 0 N–H and O–H groups in total. The average molecular weight is 238 g/mol. The summed E-state index contributed by atoms with van der Waals surface area (Å²) >= 11 is 0. The molecule has 1 aliphatic rings. The summed E-state index contributed by atoms with van der Waals surface area (Å²) in [6.07, 6.45) is -13.8. The van der Waals surface area contributed by atoms with E-state index < -0.39 is 30.3 Å². The van der Waals surface area contributed by atoms with Crippen molar-refractivity contribution in [1.29, 1.82) is 0 Å². The molecule has 0 aromatic rings. The van der Waals surface area contributed by atoms with Crippen LogP contribution in [-0.2, 0) is 9.47 Å². The largest absolute Gasteiger partial charge is 0.453 e. The zero-order valence-electron chi connectivity index (χ0n) is 7.74. The normalized spacial score (nSPS) is 32.0. The van der Waals surface area contributed by atoms with E-state index >= 15 is 0 Å². The number of hydrogen-bond donors (Lipinski definition) is 0. The minimum Gasteiger partial charge on any atom is -0.330 e. The van der Waals surface area contributed by atoms with Gasteiger partial charge in [0.15, 0.2) is 0 Å². The maximum Gasteiger partial charge on any atom is 0.453 e. The molecule has 0 radical (unpaired) electrons. The first-order valence-corrected chi connectivity index (χ1v) is 4.00. The third-order valence-electron chi connectivity index (χ3n) is 2.11. The Morgan fingerprint density at radius 3 is 1.20 bits per heavy atom. The van der Waals surface area contributed by atoms with Crippen LogP contribution in [0.2, 0.25) is 0 Å². The van der Waals surface area contributed by atoms with Crippen LogP contribution < -0.4 is 0 Å². The molecule has 0 spiro atoms. The highest BCUT2D eigenvalue weighted by Gasteiger charge is 2.77. The van der Waals surface area contributed by atoms with Gasteiger partial charge in [-0.15, -0.1) is 0 Å². The van der Waals surface area contributed by atoms with Crippen LogP contribution in [0.5, 0.6) is 0 Å². The predicted molar refractivity (Wildman–Crippen MR) is 35.9 cm³/mol. The van der Waals surface area contributed by atoms with Crippen LogP contribution in [0.3, 0.4) is 0 Å². The molecule has 1 rings (SSSR count). The molecule has 1 fully saturated rings. The van der Waals surface area contributed by atoms with Gasteiger partial charge in [0.2, 0.25) is 0 Å². The fourth-order valence-corrected chi connectivity index (χ4v) is 1.17. The number of halogens is 6. The Balaban J connectivity index is 3.12. The minimum absolute atomic E-state index is 1.09. The van der Waals surface area contributed by atoms with Gasteiger partial charge in [-0.2, -0.15) is 26.3 Å². The zero-order valence-corrected chi connectivity index (χ0v) is 7.74. The lowest BCUT2D eigenvalue weighted by Gasteiger charge is -2.31. The van der Waals surface area contributed by atoms with Gasteiger partial charge >= 0.3 is 18.1 Å². The molecule has 0 aromatic carbocycles. The van der Waals surface area contributed by atoms with Gasteiger partial charge in [0, 0.05) is 0 Å². The molecular weight excluding hydrogens is 230 g/mol. The molecule has 2 unspecified atom stereocenters. The summed E-state index contributed by atoms with van der Waals surface area (Å²) in [4.78, 5) is 0. The summed E-state index contributed by atoms with van der Waals surface area (Å²) in [5, 5.41) is 0. The van der Waals surface area contributed by atoms with E-state index in [4.69, 9.17) is 0 Å². The van der Waals surface area contributed by atoms with Gasteiger partial charge in [0.25, 0.3) is 0 Å². The molecule has 8 heteroatoms. The molecule has 1 saturated heterocycles. The number of hydrogen-bond acceptors (Lipinski definition) is 2. The third kappa shape index (κ3) is 1.80. The lowest BCUT2D eigenvalue weighted by Crippen LogP contribution is -2.58. The van der Waals surface area contributed by atoms with Crippen molar-refractivity contribution in [3.05, 3.63) is 0 Å². The van der Waals surface area contributed by atoms with Gasteiger partial charge in [-0.25, -0.2) is 0 Å². The molecule has 90 valence electrons. The molecule has 0 bridgehead atoms. The summed E-state index contributed by atoms with van der Waals surface area (Å²) in [5.41, 5.74) is 0. The van der Waals surface area contributed by atoms with Gasteiger partial charge < -0.3 is 9.47 Å². The van der Waals surface area contributed by atoms with Gasteiger partial charge in [0.05, 0.1) is 12.2 Å². The first-order valence-electron chi connectivity index (χ1n) is 4.00. The van der Waals surface area contributed by atoms with E-state index in [2.05, 4.69) is 9.47 Å². The van der Waals surface area contributed by atoms with Gasteiger partial charge in [0.1, 0.15) is 0 Å². The van der Waals surface area contributed by atoms with Crippen molar-refractivity contribution < 1.29 is 35.8 Å². The molecular formula is C7H8F6O2. The quantitative estimate of drug-likeness (QED) is 0.604. The monoisotopic (exact) mass is 238 g/mol. The predicted octanol–water partition coefficient (Wildman–Crippen LogP) is 2.63. The zero-order chi connectivity index (χ0) is 12.1. The van der Waals surface area contributed by atoms with E-state index in [0.29, 0.717) is 0 Å². The van der Waals surface area contributed by atoms with Crippen molar-refractivity contribution in [2.45, 2.75) is 44.2 Å². The molecule has 0 aromatic heterocycles. The Labute approximate surface area is 81.1 Å². The Morgan fingerprint density at radius 1 is 0.800 bits per heavy atom. The van der Waals surface area contributed by atoms with Crippen molar-refractivity contribution in [2.75, 3.05) is 0 Å². The topological polar surface area (TPSA) is 18.5 Å². The van der Waals surface area contributed by atoms with Crippen molar-refractivity contribution in [3.8, 4) is 0 Å². The van der Waals surface area contributed by atoms with Crippen molar-refractivity contribution in [3.63, 3.8) is 0 Å². The number of rotatable bonds is 0. The standard InChI is InChI=1S/C7H8F6O2/c1-3-4(2)15-5(14-3,6(8,9)10)7(11,12)13/h3-4H,1-2H3. The first-order chi connectivity index (χ1) is 6.51. The molecule has 2 atom stereocenters. The average Bonchev–Trinajstić information content (AvgIpc) is 2.26. The smallest absolute Gasteiger partial charge is 0.330 e. The Bertz CT molecular complexity index is 219. The van der Waals surface area contributed by atoms with Crippen LogP contribution in [0, 0.1) is 0 Å². The maximum atomic E-state index is 12.3. The Hall–Kier alpha value is -0.500. The van der Waals surface area contributed by atoms with Crippen LogP contribution in [0.1, 0.15) is 13.8 Å². The second-order valence-corrected chi connectivity index (χ2v) is 3.26. The van der Waals surface area contributed by atoms with Gasteiger partial charge in [-0.3, -0.25) is 0 Å². The minimum atomic E-state index is -5.65. The molecule has 15 heavy (non-hydrogen) atoms.